The average Bonchev–Trinajstić information content (AvgIpc) is 2.67. The maximum atomic E-state index is 4.69. The molecule has 0 saturated heterocycles. The third kappa shape index (κ3) is 2.45. The molecule has 3 rings (SSSR count). The Morgan fingerprint density at radius 3 is 2.84 bits per heavy atom. The molecule has 0 N–H and O–H groups in total. The van der Waals surface area contributed by atoms with Crippen LogP contribution in [0.5, 0.6) is 0 Å². The van der Waals surface area contributed by atoms with Crippen molar-refractivity contribution < 1.29 is 0 Å². The Kier molecular flexibility index (Phi) is 3.65. The lowest BCUT2D eigenvalue weighted by Crippen LogP contribution is -2.17. The molecule has 1 aromatic heterocycles. The van der Waals surface area contributed by atoms with Crippen LogP contribution in [0.2, 0.25) is 0 Å². The van der Waals surface area contributed by atoms with Gasteiger partial charge in [0.15, 0.2) is 0 Å². The van der Waals surface area contributed by atoms with Crippen LogP contribution in [0.4, 0.5) is 0 Å². The molecule has 1 aliphatic rings. The van der Waals surface area contributed by atoms with E-state index in [1.54, 1.807) is 0 Å². The van der Waals surface area contributed by atoms with Crippen LogP contribution in [-0.2, 0) is 13.0 Å². The summed E-state index contributed by atoms with van der Waals surface area (Å²) in [5.41, 5.74) is 5.54. The number of fused-ring (bicyclic) bond motifs is 1. The van der Waals surface area contributed by atoms with Crippen LogP contribution in [0.1, 0.15) is 41.3 Å². The Balaban J connectivity index is 1.90. The van der Waals surface area contributed by atoms with Gasteiger partial charge in [-0.2, -0.15) is 5.10 Å². The second kappa shape index (κ2) is 5.27. The zero-order valence-electron chi connectivity index (χ0n) is 11.5. The molecule has 1 unspecified atom stereocenters. The normalized spacial score (nSPS) is 18.4. The first-order valence-corrected chi connectivity index (χ1v) is 8.02. The molecule has 0 bridgehead atoms. The SMILES string of the molecule is Cc1nn(CC2CCCc3ccccc32)c(C)c1I. The Bertz CT molecular complexity index is 601. The quantitative estimate of drug-likeness (QED) is 0.728. The summed E-state index contributed by atoms with van der Waals surface area (Å²) >= 11 is 2.40. The van der Waals surface area contributed by atoms with E-state index in [2.05, 4.69) is 70.5 Å². The minimum absolute atomic E-state index is 0.624. The molecule has 0 spiro atoms. The van der Waals surface area contributed by atoms with Gasteiger partial charge in [-0.3, -0.25) is 4.68 Å². The van der Waals surface area contributed by atoms with Crippen molar-refractivity contribution in [2.24, 2.45) is 0 Å². The summed E-state index contributed by atoms with van der Waals surface area (Å²) in [5, 5.41) is 4.69. The van der Waals surface area contributed by atoms with Gasteiger partial charge in [-0.15, -0.1) is 0 Å². The Hall–Kier alpha value is -0.840. The van der Waals surface area contributed by atoms with Gasteiger partial charge in [0.2, 0.25) is 0 Å². The zero-order valence-corrected chi connectivity index (χ0v) is 13.6. The lowest BCUT2D eigenvalue weighted by atomic mass is 9.83. The van der Waals surface area contributed by atoms with Crippen molar-refractivity contribution in [3.05, 3.63) is 50.4 Å². The molecule has 100 valence electrons. The highest BCUT2D eigenvalue weighted by Crippen LogP contribution is 2.33. The molecule has 1 atom stereocenters. The van der Waals surface area contributed by atoms with Crippen LogP contribution in [0.15, 0.2) is 24.3 Å². The van der Waals surface area contributed by atoms with E-state index in [4.69, 9.17) is 0 Å². The number of rotatable bonds is 2. The molecular weight excluding hydrogens is 347 g/mol. The molecule has 1 heterocycles. The van der Waals surface area contributed by atoms with Crippen molar-refractivity contribution in [1.29, 1.82) is 0 Å². The summed E-state index contributed by atoms with van der Waals surface area (Å²) in [5.74, 6) is 0.624. The third-order valence-corrected chi connectivity index (χ3v) is 5.74. The number of benzene rings is 1. The highest BCUT2D eigenvalue weighted by molar-refractivity contribution is 14.1. The Labute approximate surface area is 128 Å². The maximum Gasteiger partial charge on any atom is 0.0729 e. The fourth-order valence-electron chi connectivity index (χ4n) is 3.11. The predicted octanol–water partition coefficient (Wildman–Crippen LogP) is 4.22. The molecule has 1 aliphatic carbocycles. The molecule has 0 saturated carbocycles. The molecule has 2 aromatic rings. The van der Waals surface area contributed by atoms with E-state index in [9.17, 15) is 0 Å². The largest absolute Gasteiger partial charge is 0.268 e. The zero-order chi connectivity index (χ0) is 13.4. The van der Waals surface area contributed by atoms with Gasteiger partial charge in [0.25, 0.3) is 0 Å². The van der Waals surface area contributed by atoms with Gasteiger partial charge in [-0.1, -0.05) is 24.3 Å². The fraction of sp³-hybridized carbons (Fsp3) is 0.438. The minimum atomic E-state index is 0.624. The van der Waals surface area contributed by atoms with Crippen molar-refractivity contribution in [3.63, 3.8) is 0 Å². The molecule has 2 nitrogen and oxygen atoms in total. The Morgan fingerprint density at radius 1 is 1.32 bits per heavy atom. The third-order valence-electron chi connectivity index (χ3n) is 4.18. The number of hydrogen-bond donors (Lipinski definition) is 0. The van der Waals surface area contributed by atoms with E-state index in [-0.39, 0.29) is 0 Å². The summed E-state index contributed by atoms with van der Waals surface area (Å²) in [6.45, 7) is 5.29. The molecule has 0 radical (unpaired) electrons. The molecular formula is C16H19IN2. The van der Waals surface area contributed by atoms with E-state index >= 15 is 0 Å². The van der Waals surface area contributed by atoms with Crippen LogP contribution in [0.3, 0.4) is 0 Å². The van der Waals surface area contributed by atoms with Gasteiger partial charge in [-0.05, 0) is 66.8 Å². The van der Waals surface area contributed by atoms with Crippen molar-refractivity contribution >= 4 is 22.6 Å². The highest BCUT2D eigenvalue weighted by atomic mass is 127. The second-order valence-corrected chi connectivity index (χ2v) is 6.53. The summed E-state index contributed by atoms with van der Waals surface area (Å²) in [4.78, 5) is 0. The second-order valence-electron chi connectivity index (χ2n) is 5.45. The van der Waals surface area contributed by atoms with E-state index in [0.29, 0.717) is 5.92 Å². The van der Waals surface area contributed by atoms with E-state index in [1.807, 2.05) is 0 Å². The summed E-state index contributed by atoms with van der Waals surface area (Å²) < 4.78 is 3.51. The van der Waals surface area contributed by atoms with Crippen molar-refractivity contribution in [1.82, 2.24) is 9.78 Å². The first-order chi connectivity index (χ1) is 9.16. The van der Waals surface area contributed by atoms with E-state index in [0.717, 1.165) is 12.2 Å². The van der Waals surface area contributed by atoms with Crippen LogP contribution in [0.25, 0.3) is 0 Å². The summed E-state index contributed by atoms with van der Waals surface area (Å²) in [7, 11) is 0. The minimum Gasteiger partial charge on any atom is -0.268 e. The van der Waals surface area contributed by atoms with Gasteiger partial charge in [0, 0.05) is 18.2 Å². The van der Waals surface area contributed by atoms with Crippen molar-refractivity contribution in [2.75, 3.05) is 0 Å². The van der Waals surface area contributed by atoms with Gasteiger partial charge < -0.3 is 0 Å². The first-order valence-electron chi connectivity index (χ1n) is 6.94. The summed E-state index contributed by atoms with van der Waals surface area (Å²) in [6.07, 6.45) is 3.82. The topological polar surface area (TPSA) is 17.8 Å². The van der Waals surface area contributed by atoms with Crippen LogP contribution in [0, 0.1) is 17.4 Å². The van der Waals surface area contributed by atoms with Crippen LogP contribution in [-0.4, -0.2) is 9.78 Å². The fourth-order valence-corrected chi connectivity index (χ4v) is 3.49. The van der Waals surface area contributed by atoms with Gasteiger partial charge in [0.1, 0.15) is 0 Å². The summed E-state index contributed by atoms with van der Waals surface area (Å²) in [6, 6.07) is 8.91. The number of aryl methyl sites for hydroxylation is 2. The number of nitrogens with zero attached hydrogens (tertiary/aromatic N) is 2. The molecule has 0 aliphatic heterocycles. The lowest BCUT2D eigenvalue weighted by molar-refractivity contribution is 0.450. The first kappa shape index (κ1) is 13.2. The maximum absolute atomic E-state index is 4.69. The molecule has 3 heteroatoms. The molecule has 0 amide bonds. The number of aromatic nitrogens is 2. The van der Waals surface area contributed by atoms with E-state index in [1.165, 1.54) is 39.7 Å². The monoisotopic (exact) mass is 366 g/mol. The van der Waals surface area contributed by atoms with Crippen LogP contribution < -0.4 is 0 Å². The smallest absolute Gasteiger partial charge is 0.0729 e. The highest BCUT2D eigenvalue weighted by Gasteiger charge is 2.21. The average molecular weight is 366 g/mol. The molecule has 0 fully saturated rings. The van der Waals surface area contributed by atoms with E-state index < -0.39 is 0 Å². The standard InChI is InChI=1S/C16H19IN2/c1-11-16(17)12(2)19(18-11)10-14-8-5-7-13-6-3-4-9-15(13)14/h3-4,6,9,14H,5,7-8,10H2,1-2H3. The van der Waals surface area contributed by atoms with Crippen molar-refractivity contribution in [2.45, 2.75) is 45.6 Å². The van der Waals surface area contributed by atoms with Crippen molar-refractivity contribution in [3.8, 4) is 0 Å². The number of hydrogen-bond acceptors (Lipinski definition) is 1. The lowest BCUT2D eigenvalue weighted by Gasteiger charge is -2.25. The van der Waals surface area contributed by atoms with Gasteiger partial charge >= 0.3 is 0 Å². The van der Waals surface area contributed by atoms with Crippen LogP contribution >= 0.6 is 22.6 Å². The predicted molar refractivity (Wildman–Crippen MR) is 86.5 cm³/mol. The number of halogens is 1. The Morgan fingerprint density at radius 2 is 2.11 bits per heavy atom. The molecule has 1 aromatic carbocycles. The molecule has 19 heavy (non-hydrogen) atoms. The van der Waals surface area contributed by atoms with Gasteiger partial charge in [-0.25, -0.2) is 0 Å². The van der Waals surface area contributed by atoms with Gasteiger partial charge in [0.05, 0.1) is 9.26 Å².